The van der Waals surface area contributed by atoms with Gasteiger partial charge in [-0.3, -0.25) is 0 Å². The Morgan fingerprint density at radius 1 is 1.53 bits per heavy atom. The highest BCUT2D eigenvalue weighted by Gasteiger charge is 2.18. The van der Waals surface area contributed by atoms with Crippen molar-refractivity contribution in [3.8, 4) is 0 Å². The van der Waals surface area contributed by atoms with Gasteiger partial charge in [-0.15, -0.1) is 0 Å². The molecule has 0 bridgehead atoms. The van der Waals surface area contributed by atoms with Crippen molar-refractivity contribution >= 4 is 21.6 Å². The van der Waals surface area contributed by atoms with Crippen LogP contribution in [0, 0.1) is 5.82 Å². The first kappa shape index (κ1) is 14.4. The molecule has 2 N–H and O–H groups in total. The van der Waals surface area contributed by atoms with Crippen LogP contribution in [-0.4, -0.2) is 26.2 Å². The second-order valence-electron chi connectivity index (χ2n) is 3.61. The maximum Gasteiger partial charge on any atom is 0.240 e. The number of hydrogen-bond acceptors (Lipinski definition) is 3. The molecule has 0 fully saturated rings. The Morgan fingerprint density at radius 3 is 2.71 bits per heavy atom. The number of aliphatic hydroxyl groups is 1. The lowest BCUT2D eigenvalue weighted by Gasteiger charge is -2.13. The molecule has 0 aliphatic carbocycles. The van der Waals surface area contributed by atoms with E-state index in [4.69, 9.17) is 16.7 Å². The van der Waals surface area contributed by atoms with Crippen LogP contribution in [0.25, 0.3) is 0 Å². The lowest BCUT2D eigenvalue weighted by molar-refractivity contribution is 0.275. The van der Waals surface area contributed by atoms with Gasteiger partial charge in [-0.2, -0.15) is 0 Å². The average molecular weight is 282 g/mol. The third kappa shape index (κ3) is 3.92. The van der Waals surface area contributed by atoms with Crippen LogP contribution in [-0.2, 0) is 10.0 Å². The van der Waals surface area contributed by atoms with Crippen LogP contribution < -0.4 is 4.72 Å². The highest BCUT2D eigenvalue weighted by Crippen LogP contribution is 2.19. The molecule has 0 saturated heterocycles. The summed E-state index contributed by atoms with van der Waals surface area (Å²) in [5.74, 6) is -0.672. The fourth-order valence-electron chi connectivity index (χ4n) is 1.23. The van der Waals surface area contributed by atoms with Crippen LogP contribution in [0.3, 0.4) is 0 Å². The summed E-state index contributed by atoms with van der Waals surface area (Å²) in [6.45, 7) is 1.51. The van der Waals surface area contributed by atoms with Crippen molar-refractivity contribution in [2.45, 2.75) is 24.3 Å². The van der Waals surface area contributed by atoms with Gasteiger partial charge < -0.3 is 5.11 Å². The van der Waals surface area contributed by atoms with Crippen LogP contribution >= 0.6 is 11.6 Å². The monoisotopic (exact) mass is 281 g/mol. The Balaban J connectivity index is 2.93. The molecule has 0 aliphatic heterocycles. The van der Waals surface area contributed by atoms with Crippen LogP contribution in [0.5, 0.6) is 0 Å². The van der Waals surface area contributed by atoms with E-state index in [0.717, 1.165) is 18.2 Å². The van der Waals surface area contributed by atoms with Gasteiger partial charge in [0.1, 0.15) is 5.82 Å². The molecule has 0 saturated carbocycles. The number of hydrogen-bond donors (Lipinski definition) is 2. The molecule has 0 heterocycles. The molecule has 96 valence electrons. The first-order valence-electron chi connectivity index (χ1n) is 4.95. The fraction of sp³-hybridized carbons (Fsp3) is 0.400. The minimum Gasteiger partial charge on any atom is -0.396 e. The number of halogens is 2. The Labute approximate surface area is 104 Å². The third-order valence-corrected chi connectivity index (χ3v) is 4.00. The largest absolute Gasteiger partial charge is 0.396 e. The normalized spacial score (nSPS) is 13.6. The Bertz CT molecular complexity index is 492. The van der Waals surface area contributed by atoms with E-state index in [1.165, 1.54) is 0 Å². The van der Waals surface area contributed by atoms with Gasteiger partial charge in [0.2, 0.25) is 10.0 Å². The second-order valence-corrected chi connectivity index (χ2v) is 5.73. The molecular formula is C10H13ClFNO3S. The minimum absolute atomic E-state index is 0.103. The molecule has 1 aromatic rings. The van der Waals surface area contributed by atoms with E-state index in [9.17, 15) is 12.8 Å². The van der Waals surface area contributed by atoms with Crippen molar-refractivity contribution in [3.63, 3.8) is 0 Å². The van der Waals surface area contributed by atoms with Gasteiger partial charge in [0.25, 0.3) is 0 Å². The lowest BCUT2D eigenvalue weighted by Crippen LogP contribution is -2.33. The van der Waals surface area contributed by atoms with Gasteiger partial charge in [0.05, 0.1) is 9.92 Å². The number of sulfonamides is 1. The van der Waals surface area contributed by atoms with E-state index >= 15 is 0 Å². The molecule has 1 aromatic carbocycles. The molecular weight excluding hydrogens is 269 g/mol. The predicted molar refractivity (Wildman–Crippen MR) is 62.9 cm³/mol. The standard InChI is InChI=1S/C10H13ClFNO3S/c1-7(4-5-14)13-17(15,16)8-2-3-10(12)9(11)6-8/h2-3,6-7,13-14H,4-5H2,1H3. The Hall–Kier alpha value is -0.690. The van der Waals surface area contributed by atoms with Crippen molar-refractivity contribution < 1.29 is 17.9 Å². The van der Waals surface area contributed by atoms with Crippen LogP contribution in [0.2, 0.25) is 5.02 Å². The summed E-state index contributed by atoms with van der Waals surface area (Å²) in [6, 6.07) is 2.77. The molecule has 0 spiro atoms. The predicted octanol–water partition coefficient (Wildman–Crippen LogP) is 1.53. The van der Waals surface area contributed by atoms with E-state index in [0.29, 0.717) is 6.42 Å². The van der Waals surface area contributed by atoms with Gasteiger partial charge >= 0.3 is 0 Å². The smallest absolute Gasteiger partial charge is 0.240 e. The zero-order valence-corrected chi connectivity index (χ0v) is 10.7. The average Bonchev–Trinajstić information content (AvgIpc) is 2.21. The molecule has 1 unspecified atom stereocenters. The SMILES string of the molecule is CC(CCO)NS(=O)(=O)c1ccc(F)c(Cl)c1. The number of benzene rings is 1. The summed E-state index contributed by atoms with van der Waals surface area (Å²) in [5, 5.41) is 8.43. The van der Waals surface area contributed by atoms with E-state index in [2.05, 4.69) is 4.72 Å². The van der Waals surface area contributed by atoms with Crippen LogP contribution in [0.15, 0.2) is 23.1 Å². The molecule has 0 radical (unpaired) electrons. The lowest BCUT2D eigenvalue weighted by atomic mass is 10.3. The molecule has 0 amide bonds. The quantitative estimate of drug-likeness (QED) is 0.860. The molecule has 4 nitrogen and oxygen atoms in total. The van der Waals surface area contributed by atoms with E-state index in [-0.39, 0.29) is 16.5 Å². The number of aliphatic hydroxyl groups excluding tert-OH is 1. The molecule has 1 rings (SSSR count). The number of rotatable bonds is 5. The van der Waals surface area contributed by atoms with Gasteiger partial charge in [0, 0.05) is 12.6 Å². The van der Waals surface area contributed by atoms with E-state index in [1.54, 1.807) is 6.92 Å². The first-order valence-corrected chi connectivity index (χ1v) is 6.81. The highest BCUT2D eigenvalue weighted by atomic mass is 35.5. The summed E-state index contributed by atoms with van der Waals surface area (Å²) in [4.78, 5) is -0.103. The van der Waals surface area contributed by atoms with E-state index in [1.807, 2.05) is 0 Å². The topological polar surface area (TPSA) is 66.4 Å². The molecule has 17 heavy (non-hydrogen) atoms. The van der Waals surface area contributed by atoms with Crippen molar-refractivity contribution in [2.24, 2.45) is 0 Å². The summed E-state index contributed by atoms with van der Waals surface area (Å²) in [6.07, 6.45) is 0.300. The van der Waals surface area contributed by atoms with Gasteiger partial charge in [-0.1, -0.05) is 11.6 Å². The zero-order chi connectivity index (χ0) is 13.1. The molecule has 1 atom stereocenters. The molecule has 7 heteroatoms. The van der Waals surface area contributed by atoms with Crippen molar-refractivity contribution in [2.75, 3.05) is 6.61 Å². The zero-order valence-electron chi connectivity index (χ0n) is 9.15. The maximum atomic E-state index is 12.9. The van der Waals surface area contributed by atoms with Gasteiger partial charge in [-0.05, 0) is 31.5 Å². The number of nitrogens with one attached hydrogen (secondary N) is 1. The third-order valence-electron chi connectivity index (χ3n) is 2.12. The summed E-state index contributed by atoms with van der Waals surface area (Å²) in [7, 11) is -3.73. The van der Waals surface area contributed by atoms with Crippen LogP contribution in [0.1, 0.15) is 13.3 Å². The Morgan fingerprint density at radius 2 is 2.18 bits per heavy atom. The van der Waals surface area contributed by atoms with Crippen molar-refractivity contribution in [3.05, 3.63) is 29.0 Å². The minimum atomic E-state index is -3.73. The molecule has 0 aromatic heterocycles. The first-order chi connectivity index (χ1) is 7.86. The van der Waals surface area contributed by atoms with Crippen LogP contribution in [0.4, 0.5) is 4.39 Å². The highest BCUT2D eigenvalue weighted by molar-refractivity contribution is 7.89. The Kier molecular flexibility index (Phi) is 4.88. The van der Waals surface area contributed by atoms with E-state index < -0.39 is 21.9 Å². The summed E-state index contributed by atoms with van der Waals surface area (Å²) in [5.41, 5.74) is 0. The molecule has 0 aliphatic rings. The maximum absolute atomic E-state index is 12.9. The summed E-state index contributed by atoms with van der Waals surface area (Å²) < 4.78 is 38.9. The summed E-state index contributed by atoms with van der Waals surface area (Å²) >= 11 is 5.51. The van der Waals surface area contributed by atoms with Crippen molar-refractivity contribution in [1.29, 1.82) is 0 Å². The second kappa shape index (κ2) is 5.77. The van der Waals surface area contributed by atoms with Gasteiger partial charge in [0.15, 0.2) is 0 Å². The van der Waals surface area contributed by atoms with Crippen molar-refractivity contribution in [1.82, 2.24) is 4.72 Å². The van der Waals surface area contributed by atoms with Gasteiger partial charge in [-0.25, -0.2) is 17.5 Å². The fourth-order valence-corrected chi connectivity index (χ4v) is 2.78.